The van der Waals surface area contributed by atoms with Crippen LogP contribution in [0.1, 0.15) is 73.3 Å². The number of carbonyl (C=O) groups is 1. The monoisotopic (exact) mass is 335 g/mol. The largest absolute Gasteiger partial charge is 0.478 e. The van der Waals surface area contributed by atoms with Gasteiger partial charge in [0.05, 0.1) is 11.3 Å². The van der Waals surface area contributed by atoms with Crippen molar-refractivity contribution >= 4 is 11.5 Å². The van der Waals surface area contributed by atoms with E-state index in [2.05, 4.69) is 51.4 Å². The first-order valence-electron chi connectivity index (χ1n) is 8.66. The van der Waals surface area contributed by atoms with Gasteiger partial charge in [0.1, 0.15) is 0 Å². The van der Waals surface area contributed by atoms with Crippen LogP contribution in [-0.4, -0.2) is 16.1 Å². The van der Waals surface area contributed by atoms with E-state index >= 15 is 0 Å². The fourth-order valence-corrected chi connectivity index (χ4v) is 3.73. The fraction of sp³-hybridized carbons (Fsp3) is 0.364. The fourth-order valence-electron chi connectivity index (χ4n) is 3.73. The molecule has 0 saturated carbocycles. The first kappa shape index (κ1) is 17.4. The zero-order valence-corrected chi connectivity index (χ0v) is 15.4. The van der Waals surface area contributed by atoms with Gasteiger partial charge >= 0.3 is 5.97 Å². The summed E-state index contributed by atoms with van der Waals surface area (Å²) in [5, 5.41) is 9.42. The van der Waals surface area contributed by atoms with E-state index in [4.69, 9.17) is 0 Å². The van der Waals surface area contributed by atoms with Crippen LogP contribution >= 0.6 is 0 Å². The number of fused-ring (bicyclic) bond motifs is 1. The van der Waals surface area contributed by atoms with E-state index in [9.17, 15) is 9.90 Å². The lowest BCUT2D eigenvalue weighted by atomic mass is 9.63. The van der Waals surface area contributed by atoms with Crippen molar-refractivity contribution in [3.8, 4) is 0 Å². The van der Waals surface area contributed by atoms with Crippen molar-refractivity contribution < 1.29 is 9.90 Å². The molecule has 0 amide bonds. The lowest BCUT2D eigenvalue weighted by Gasteiger charge is -2.42. The Hall–Kier alpha value is -2.42. The Balaban J connectivity index is 2.12. The Kier molecular flexibility index (Phi) is 4.06. The molecule has 0 radical (unpaired) electrons. The van der Waals surface area contributed by atoms with Gasteiger partial charge in [-0.2, -0.15) is 0 Å². The summed E-state index contributed by atoms with van der Waals surface area (Å²) in [6.07, 6.45) is 3.90. The van der Waals surface area contributed by atoms with Crippen LogP contribution in [-0.2, 0) is 10.8 Å². The van der Waals surface area contributed by atoms with E-state index in [-0.39, 0.29) is 16.4 Å². The van der Waals surface area contributed by atoms with E-state index in [1.807, 2.05) is 6.07 Å². The third-order valence-corrected chi connectivity index (χ3v) is 5.53. The molecule has 0 saturated heterocycles. The maximum absolute atomic E-state index is 11.5. The van der Waals surface area contributed by atoms with Gasteiger partial charge in [-0.25, -0.2) is 4.79 Å². The maximum Gasteiger partial charge on any atom is 0.337 e. The molecule has 3 heteroatoms. The summed E-state index contributed by atoms with van der Waals surface area (Å²) >= 11 is 0. The Morgan fingerprint density at radius 2 is 1.72 bits per heavy atom. The number of benzene rings is 1. The number of aromatic carboxylic acids is 1. The predicted octanol–water partition coefficient (Wildman–Crippen LogP) is 5.19. The molecule has 1 aliphatic carbocycles. The standard InChI is InChI=1S/C22H25NO2/c1-14(19-16(20(24)25)7-6-12-23-19)15-8-9-17-18(13-15)22(4,5)11-10-21(17,2)3/h6-9,12-13H,1,10-11H2,2-5H3,(H,24,25). The lowest BCUT2D eigenvalue weighted by Crippen LogP contribution is -2.33. The normalized spacial score (nSPS) is 17.6. The second kappa shape index (κ2) is 5.83. The number of pyridine rings is 1. The molecule has 3 nitrogen and oxygen atoms in total. The minimum atomic E-state index is -0.983. The van der Waals surface area contributed by atoms with Crippen LogP contribution in [0.15, 0.2) is 43.1 Å². The predicted molar refractivity (Wildman–Crippen MR) is 101 cm³/mol. The average molecular weight is 335 g/mol. The van der Waals surface area contributed by atoms with Crippen LogP contribution in [0.25, 0.3) is 5.57 Å². The topological polar surface area (TPSA) is 50.2 Å². The highest BCUT2D eigenvalue weighted by Crippen LogP contribution is 2.46. The number of carboxylic acid groups (broad SMARTS) is 1. The zero-order chi connectivity index (χ0) is 18.4. The van der Waals surface area contributed by atoms with E-state index in [1.165, 1.54) is 11.1 Å². The van der Waals surface area contributed by atoms with Crippen molar-refractivity contribution in [2.75, 3.05) is 0 Å². The van der Waals surface area contributed by atoms with Crippen molar-refractivity contribution in [3.05, 3.63) is 71.1 Å². The second-order valence-electron chi connectivity index (χ2n) is 8.21. The minimum Gasteiger partial charge on any atom is -0.478 e. The SMILES string of the molecule is C=C(c1ccc2c(c1)C(C)(C)CCC2(C)C)c1ncccc1C(=O)O. The van der Waals surface area contributed by atoms with Gasteiger partial charge in [-0.05, 0) is 52.5 Å². The van der Waals surface area contributed by atoms with Gasteiger partial charge < -0.3 is 5.11 Å². The van der Waals surface area contributed by atoms with Crippen molar-refractivity contribution in [2.45, 2.75) is 51.4 Å². The molecule has 1 aromatic heterocycles. The summed E-state index contributed by atoms with van der Waals surface area (Å²) in [6, 6.07) is 9.61. The number of hydrogen-bond donors (Lipinski definition) is 1. The van der Waals surface area contributed by atoms with Crippen LogP contribution in [0.3, 0.4) is 0 Å². The smallest absolute Gasteiger partial charge is 0.337 e. The quantitative estimate of drug-likeness (QED) is 0.839. The van der Waals surface area contributed by atoms with Crippen LogP contribution in [0.2, 0.25) is 0 Å². The molecule has 0 aliphatic heterocycles. The van der Waals surface area contributed by atoms with Crippen molar-refractivity contribution in [1.29, 1.82) is 0 Å². The summed E-state index contributed by atoms with van der Waals surface area (Å²) in [5.74, 6) is -0.983. The van der Waals surface area contributed by atoms with Gasteiger partial charge in [0.15, 0.2) is 0 Å². The van der Waals surface area contributed by atoms with Gasteiger partial charge in [-0.15, -0.1) is 0 Å². The van der Waals surface area contributed by atoms with E-state index < -0.39 is 5.97 Å². The highest BCUT2D eigenvalue weighted by molar-refractivity contribution is 5.95. The molecule has 0 fully saturated rings. The minimum absolute atomic E-state index is 0.0981. The molecule has 2 aromatic rings. The molecule has 0 spiro atoms. The molecule has 1 N–H and O–H groups in total. The van der Waals surface area contributed by atoms with Gasteiger partial charge in [0, 0.05) is 11.8 Å². The summed E-state index contributed by atoms with van der Waals surface area (Å²) in [7, 11) is 0. The molecule has 1 heterocycles. The molecule has 25 heavy (non-hydrogen) atoms. The molecular formula is C22H25NO2. The Bertz CT molecular complexity index is 862. The van der Waals surface area contributed by atoms with Crippen LogP contribution < -0.4 is 0 Å². The summed E-state index contributed by atoms with van der Waals surface area (Å²) in [5.41, 5.74) is 5.16. The molecule has 130 valence electrons. The van der Waals surface area contributed by atoms with E-state index in [1.54, 1.807) is 18.3 Å². The molecule has 3 rings (SSSR count). The Morgan fingerprint density at radius 3 is 2.36 bits per heavy atom. The summed E-state index contributed by atoms with van der Waals surface area (Å²) in [4.78, 5) is 15.8. The maximum atomic E-state index is 11.5. The summed E-state index contributed by atoms with van der Waals surface area (Å²) < 4.78 is 0. The number of nitrogens with zero attached hydrogens (tertiary/aromatic N) is 1. The van der Waals surface area contributed by atoms with E-state index in [0.717, 1.165) is 18.4 Å². The van der Waals surface area contributed by atoms with Crippen molar-refractivity contribution in [2.24, 2.45) is 0 Å². The second-order valence-corrected chi connectivity index (χ2v) is 8.21. The first-order valence-corrected chi connectivity index (χ1v) is 8.66. The molecule has 1 aromatic carbocycles. The molecule has 0 atom stereocenters. The number of aromatic nitrogens is 1. The molecule has 0 bridgehead atoms. The molecule has 1 aliphatic rings. The van der Waals surface area contributed by atoms with Gasteiger partial charge in [0.25, 0.3) is 0 Å². The molecule has 0 unspecified atom stereocenters. The van der Waals surface area contributed by atoms with E-state index in [0.29, 0.717) is 11.3 Å². The number of carboxylic acids is 1. The summed E-state index contributed by atoms with van der Waals surface area (Å²) in [6.45, 7) is 13.3. The first-order chi connectivity index (χ1) is 11.6. The molecular weight excluding hydrogens is 310 g/mol. The van der Waals surface area contributed by atoms with Crippen LogP contribution in [0, 0.1) is 0 Å². The van der Waals surface area contributed by atoms with Crippen LogP contribution in [0.5, 0.6) is 0 Å². The van der Waals surface area contributed by atoms with Gasteiger partial charge in [0.2, 0.25) is 0 Å². The van der Waals surface area contributed by atoms with Gasteiger partial charge in [-0.3, -0.25) is 4.98 Å². The highest BCUT2D eigenvalue weighted by atomic mass is 16.4. The Labute approximate surface area is 149 Å². The average Bonchev–Trinajstić information content (AvgIpc) is 2.58. The third-order valence-electron chi connectivity index (χ3n) is 5.53. The lowest BCUT2D eigenvalue weighted by molar-refractivity contribution is 0.0696. The third kappa shape index (κ3) is 2.99. The van der Waals surface area contributed by atoms with Crippen LogP contribution in [0.4, 0.5) is 0 Å². The highest BCUT2D eigenvalue weighted by Gasteiger charge is 2.37. The van der Waals surface area contributed by atoms with Crippen molar-refractivity contribution in [3.63, 3.8) is 0 Å². The number of hydrogen-bond acceptors (Lipinski definition) is 2. The van der Waals surface area contributed by atoms with Crippen molar-refractivity contribution in [1.82, 2.24) is 4.98 Å². The Morgan fingerprint density at radius 1 is 1.08 bits per heavy atom. The van der Waals surface area contributed by atoms with Gasteiger partial charge in [-0.1, -0.05) is 52.5 Å². The number of rotatable bonds is 3. The zero-order valence-electron chi connectivity index (χ0n) is 15.4.